The molecular weight excluding hydrogens is 350 g/mol. The predicted molar refractivity (Wildman–Crippen MR) is 115 cm³/mol. The molecule has 0 amide bonds. The molecule has 4 heteroatoms. The third-order valence-electron chi connectivity index (χ3n) is 4.55. The Morgan fingerprint density at radius 3 is 2.50 bits per heavy atom. The lowest BCUT2D eigenvalue weighted by atomic mass is 9.92. The number of aliphatic hydroxyl groups is 2. The maximum Gasteiger partial charge on any atom is 0.115 e. The van der Waals surface area contributed by atoms with Gasteiger partial charge in [0.25, 0.3) is 0 Å². The molecule has 0 aliphatic carbocycles. The summed E-state index contributed by atoms with van der Waals surface area (Å²) in [6.45, 7) is 6.00. The van der Waals surface area contributed by atoms with Gasteiger partial charge >= 0.3 is 0 Å². The lowest BCUT2D eigenvalue weighted by molar-refractivity contribution is 0.202. The first-order valence-electron chi connectivity index (χ1n) is 9.63. The third kappa shape index (κ3) is 6.48. The smallest absolute Gasteiger partial charge is 0.115 e. The Hall–Kier alpha value is -2.69. The van der Waals surface area contributed by atoms with E-state index < -0.39 is 6.10 Å². The van der Waals surface area contributed by atoms with Crippen LogP contribution >= 0.6 is 0 Å². The Morgan fingerprint density at radius 2 is 1.89 bits per heavy atom. The second kappa shape index (κ2) is 11.2. The van der Waals surface area contributed by atoms with Crippen LogP contribution in [0.1, 0.15) is 43.9 Å². The van der Waals surface area contributed by atoms with Crippen molar-refractivity contribution in [1.82, 2.24) is 4.98 Å². The van der Waals surface area contributed by atoms with Crippen LogP contribution in [0.4, 0.5) is 0 Å². The molecule has 1 unspecified atom stereocenters. The predicted octanol–water partition coefficient (Wildman–Crippen LogP) is 4.74. The number of aromatic hydroxyl groups is 1. The van der Waals surface area contributed by atoms with Crippen molar-refractivity contribution in [3.05, 3.63) is 83.7 Å². The number of rotatable bonds is 10. The van der Waals surface area contributed by atoms with Crippen molar-refractivity contribution in [2.75, 3.05) is 6.61 Å². The summed E-state index contributed by atoms with van der Waals surface area (Å²) in [7, 11) is 0. The van der Waals surface area contributed by atoms with Crippen LogP contribution in [0.2, 0.25) is 0 Å². The molecule has 0 aliphatic heterocycles. The van der Waals surface area contributed by atoms with Crippen LogP contribution < -0.4 is 0 Å². The molecule has 1 heterocycles. The topological polar surface area (TPSA) is 73.6 Å². The van der Waals surface area contributed by atoms with Gasteiger partial charge in [0.15, 0.2) is 0 Å². The Balaban J connectivity index is 2.22. The van der Waals surface area contributed by atoms with E-state index in [2.05, 4.69) is 18.5 Å². The highest BCUT2D eigenvalue weighted by molar-refractivity contribution is 5.80. The normalized spacial score (nSPS) is 13.4. The summed E-state index contributed by atoms with van der Waals surface area (Å²) in [6.07, 6.45) is 7.55. The van der Waals surface area contributed by atoms with Crippen LogP contribution in [-0.2, 0) is 0 Å². The van der Waals surface area contributed by atoms with E-state index in [1.54, 1.807) is 24.4 Å². The molecule has 0 saturated carbocycles. The minimum atomic E-state index is -0.696. The molecule has 28 heavy (non-hydrogen) atoms. The lowest BCUT2D eigenvalue weighted by Crippen LogP contribution is -2.13. The maximum absolute atomic E-state index is 10.7. The fourth-order valence-electron chi connectivity index (χ4n) is 3.11. The first kappa shape index (κ1) is 21.6. The molecule has 0 fully saturated rings. The van der Waals surface area contributed by atoms with E-state index in [0.29, 0.717) is 18.4 Å². The Kier molecular flexibility index (Phi) is 8.66. The largest absolute Gasteiger partial charge is 0.508 e. The van der Waals surface area contributed by atoms with Crippen LogP contribution in [0.25, 0.3) is 11.6 Å². The van der Waals surface area contributed by atoms with Crippen molar-refractivity contribution >= 4 is 11.6 Å². The van der Waals surface area contributed by atoms with Crippen LogP contribution in [0.3, 0.4) is 0 Å². The number of pyridine rings is 1. The van der Waals surface area contributed by atoms with Gasteiger partial charge in [-0.1, -0.05) is 44.2 Å². The summed E-state index contributed by atoms with van der Waals surface area (Å²) in [5.74, 6) is 0.222. The standard InChI is InChI=1S/C24H29NO3/c1-3-6-18(2)22(14-16-26)24(28)13-10-20(23-7-4-5-15-25-23)17-19-8-11-21(27)12-9-19/h4-5,7-9,11-12,14-15,17,24,26-28H,2-3,6,10,13,16H2,1H3/b20-17-,22-14-. The summed E-state index contributed by atoms with van der Waals surface area (Å²) >= 11 is 0. The van der Waals surface area contributed by atoms with Gasteiger partial charge in [-0.05, 0) is 71.9 Å². The highest BCUT2D eigenvalue weighted by Crippen LogP contribution is 2.27. The summed E-state index contributed by atoms with van der Waals surface area (Å²) in [6, 6.07) is 12.7. The van der Waals surface area contributed by atoms with Gasteiger partial charge in [-0.3, -0.25) is 4.98 Å². The average Bonchev–Trinajstić information content (AvgIpc) is 2.71. The molecule has 4 nitrogen and oxygen atoms in total. The number of benzene rings is 1. The SMILES string of the molecule is C=C(CCC)/C(=C/CO)C(O)CC/C(=C/c1ccc(O)cc1)c1ccccn1. The van der Waals surface area contributed by atoms with Crippen molar-refractivity contribution in [2.45, 2.75) is 38.7 Å². The fraction of sp³-hybridized carbons (Fsp3) is 0.292. The van der Waals surface area contributed by atoms with E-state index in [9.17, 15) is 15.3 Å². The number of aliphatic hydroxyl groups excluding tert-OH is 2. The van der Waals surface area contributed by atoms with Crippen LogP contribution in [-0.4, -0.2) is 33.0 Å². The molecule has 2 aromatic rings. The number of phenols is 1. The highest BCUT2D eigenvalue weighted by Gasteiger charge is 2.15. The number of hydrogen-bond donors (Lipinski definition) is 3. The van der Waals surface area contributed by atoms with Crippen molar-refractivity contribution in [1.29, 1.82) is 0 Å². The maximum atomic E-state index is 10.7. The van der Waals surface area contributed by atoms with Gasteiger partial charge in [-0.15, -0.1) is 0 Å². The Morgan fingerprint density at radius 1 is 1.14 bits per heavy atom. The van der Waals surface area contributed by atoms with Crippen molar-refractivity contribution in [2.24, 2.45) is 0 Å². The van der Waals surface area contributed by atoms with Crippen LogP contribution in [0.5, 0.6) is 5.75 Å². The zero-order valence-electron chi connectivity index (χ0n) is 16.4. The molecule has 1 aromatic heterocycles. The number of aromatic nitrogens is 1. The number of hydrogen-bond acceptors (Lipinski definition) is 4. The lowest BCUT2D eigenvalue weighted by Gasteiger charge is -2.18. The highest BCUT2D eigenvalue weighted by atomic mass is 16.3. The number of nitrogens with zero attached hydrogens (tertiary/aromatic N) is 1. The average molecular weight is 380 g/mol. The summed E-state index contributed by atoms with van der Waals surface area (Å²) in [4.78, 5) is 4.44. The molecule has 1 aromatic carbocycles. The molecule has 0 spiro atoms. The van der Waals surface area contributed by atoms with Gasteiger partial charge in [0.1, 0.15) is 5.75 Å². The molecule has 0 bridgehead atoms. The van der Waals surface area contributed by atoms with E-state index in [4.69, 9.17) is 0 Å². The number of phenolic OH excluding ortho intramolecular Hbond substituents is 1. The first-order valence-corrected chi connectivity index (χ1v) is 9.63. The van der Waals surface area contributed by atoms with Crippen molar-refractivity contribution in [3.63, 3.8) is 0 Å². The Labute approximate surface area is 167 Å². The molecule has 1 atom stereocenters. The van der Waals surface area contributed by atoms with Gasteiger partial charge < -0.3 is 15.3 Å². The summed E-state index contributed by atoms with van der Waals surface area (Å²) in [5.41, 5.74) is 4.38. The van der Waals surface area contributed by atoms with Crippen LogP contribution in [0, 0.1) is 0 Å². The second-order valence-corrected chi connectivity index (χ2v) is 6.73. The molecule has 0 aliphatic rings. The molecule has 0 radical (unpaired) electrons. The second-order valence-electron chi connectivity index (χ2n) is 6.73. The molecule has 2 rings (SSSR count). The fourth-order valence-corrected chi connectivity index (χ4v) is 3.11. The van der Waals surface area contributed by atoms with E-state index in [-0.39, 0.29) is 12.4 Å². The zero-order chi connectivity index (χ0) is 20.4. The third-order valence-corrected chi connectivity index (χ3v) is 4.55. The molecule has 148 valence electrons. The van der Waals surface area contributed by atoms with Crippen LogP contribution in [0.15, 0.2) is 72.5 Å². The number of allylic oxidation sites excluding steroid dienone is 1. The first-order chi connectivity index (χ1) is 13.5. The van der Waals surface area contributed by atoms with Gasteiger partial charge in [-0.2, -0.15) is 0 Å². The van der Waals surface area contributed by atoms with E-state index in [1.165, 1.54) is 0 Å². The quantitative estimate of drug-likeness (QED) is 0.521. The zero-order valence-corrected chi connectivity index (χ0v) is 16.4. The molecule has 0 saturated heterocycles. The monoisotopic (exact) mass is 379 g/mol. The van der Waals surface area contributed by atoms with E-state index in [1.807, 2.05) is 36.4 Å². The van der Waals surface area contributed by atoms with Gasteiger partial charge in [0, 0.05) is 6.20 Å². The molecule has 3 N–H and O–H groups in total. The van der Waals surface area contributed by atoms with E-state index in [0.717, 1.165) is 35.2 Å². The molecular formula is C24H29NO3. The van der Waals surface area contributed by atoms with Gasteiger partial charge in [0.2, 0.25) is 0 Å². The van der Waals surface area contributed by atoms with Crippen molar-refractivity contribution in [3.8, 4) is 5.75 Å². The van der Waals surface area contributed by atoms with E-state index >= 15 is 0 Å². The summed E-state index contributed by atoms with van der Waals surface area (Å²) in [5, 5.41) is 29.5. The summed E-state index contributed by atoms with van der Waals surface area (Å²) < 4.78 is 0. The Bertz CT molecular complexity index is 808. The van der Waals surface area contributed by atoms with Gasteiger partial charge in [0.05, 0.1) is 18.4 Å². The van der Waals surface area contributed by atoms with Crippen molar-refractivity contribution < 1.29 is 15.3 Å². The minimum absolute atomic E-state index is 0.119. The van der Waals surface area contributed by atoms with Gasteiger partial charge in [-0.25, -0.2) is 0 Å². The minimum Gasteiger partial charge on any atom is -0.508 e.